The monoisotopic (exact) mass is 974 g/mol. The summed E-state index contributed by atoms with van der Waals surface area (Å²) in [6.45, 7) is 4.33. The van der Waals surface area contributed by atoms with Crippen molar-refractivity contribution in [1.82, 2.24) is 24.8 Å². The number of hydrogen-bond acceptors (Lipinski definition) is 12. The number of nitrogen functional groups attached to an aromatic ring is 1. The first kappa shape index (κ1) is 46.5. The fourth-order valence-corrected chi connectivity index (χ4v) is 11.0. The highest BCUT2D eigenvalue weighted by Gasteiger charge is 2.77. The fourth-order valence-electron chi connectivity index (χ4n) is 10.7. The van der Waals surface area contributed by atoms with Gasteiger partial charge < -0.3 is 34.5 Å². The van der Waals surface area contributed by atoms with Gasteiger partial charge >= 0.3 is 12.2 Å². The molecule has 10 rings (SSSR count). The van der Waals surface area contributed by atoms with Crippen LogP contribution in [0.5, 0.6) is 23.3 Å². The van der Waals surface area contributed by atoms with Gasteiger partial charge in [-0.25, -0.2) is 23.1 Å². The summed E-state index contributed by atoms with van der Waals surface area (Å²) in [5, 5.41) is -0.483. The van der Waals surface area contributed by atoms with Crippen LogP contribution in [-0.4, -0.2) is 83.4 Å². The van der Waals surface area contributed by atoms with Crippen LogP contribution in [0.2, 0.25) is 5.02 Å². The summed E-state index contributed by atoms with van der Waals surface area (Å²) in [6.07, 6.45) is -2.12. The molecule has 3 atom stereocenters. The highest BCUT2D eigenvalue weighted by molar-refractivity contribution is 6.36. The number of nitrogens with two attached hydrogens (primary N) is 1. The summed E-state index contributed by atoms with van der Waals surface area (Å²) in [5.74, 6) is -2.49. The van der Waals surface area contributed by atoms with E-state index in [4.69, 9.17) is 41.3 Å². The second kappa shape index (κ2) is 17.3. The van der Waals surface area contributed by atoms with Crippen molar-refractivity contribution in [2.45, 2.75) is 76.3 Å². The molecule has 0 amide bonds. The molecule has 4 aliphatic rings. The first-order valence-electron chi connectivity index (χ1n) is 22.6. The first-order chi connectivity index (χ1) is 32.9. The maximum Gasteiger partial charge on any atom is 0.418 e. The van der Waals surface area contributed by atoms with Gasteiger partial charge in [0.25, 0.3) is 5.92 Å². The van der Waals surface area contributed by atoms with Crippen LogP contribution in [0.4, 0.5) is 43.8 Å². The first-order valence-corrected chi connectivity index (χ1v) is 23.0. The van der Waals surface area contributed by atoms with Crippen molar-refractivity contribution in [2.24, 2.45) is 5.41 Å². The number of hydrogen-bond donors (Lipinski definition) is 1. The zero-order chi connectivity index (χ0) is 48.6. The number of halogens is 7. The molecule has 19 heteroatoms. The summed E-state index contributed by atoms with van der Waals surface area (Å²) < 4.78 is 118. The van der Waals surface area contributed by atoms with Gasteiger partial charge in [0.2, 0.25) is 0 Å². The lowest BCUT2D eigenvalue weighted by molar-refractivity contribution is -0.137. The van der Waals surface area contributed by atoms with Crippen LogP contribution < -0.4 is 34.5 Å². The Balaban J connectivity index is 1.14. The van der Waals surface area contributed by atoms with Crippen molar-refractivity contribution in [2.75, 3.05) is 62.6 Å². The number of anilines is 3. The molecule has 3 aliphatic heterocycles. The molecular formula is C50H49ClF6N8O4. The third-order valence-electron chi connectivity index (χ3n) is 14.3. The number of benzene rings is 3. The van der Waals surface area contributed by atoms with Crippen LogP contribution >= 0.6 is 11.6 Å². The average Bonchev–Trinajstić information content (AvgIpc) is 3.52. The van der Waals surface area contributed by atoms with Gasteiger partial charge in [-0.1, -0.05) is 41.9 Å². The smallest absolute Gasteiger partial charge is 0.418 e. The third kappa shape index (κ3) is 8.22. The number of rotatable bonds is 13. The van der Waals surface area contributed by atoms with Gasteiger partial charge in [0, 0.05) is 37.8 Å². The van der Waals surface area contributed by atoms with E-state index in [1.54, 1.807) is 66.6 Å². The molecule has 0 radical (unpaired) electrons. The van der Waals surface area contributed by atoms with Crippen LogP contribution in [0, 0.1) is 18.2 Å². The molecule has 12 nitrogen and oxygen atoms in total. The number of aryl methyl sites for hydroxylation is 1. The summed E-state index contributed by atoms with van der Waals surface area (Å²) in [5.41, 5.74) is 3.32. The summed E-state index contributed by atoms with van der Waals surface area (Å²) in [4.78, 5) is 24.0. The molecule has 6 heterocycles. The van der Waals surface area contributed by atoms with E-state index in [-0.39, 0.29) is 92.4 Å². The predicted molar refractivity (Wildman–Crippen MR) is 249 cm³/mol. The fraction of sp³-hybridized carbons (Fsp3) is 0.400. The summed E-state index contributed by atoms with van der Waals surface area (Å²) in [7, 11) is 3.09. The minimum Gasteiger partial charge on any atom is -0.497 e. The number of methoxy groups -OCH3 is 2. The van der Waals surface area contributed by atoms with E-state index < -0.39 is 62.3 Å². The van der Waals surface area contributed by atoms with E-state index in [1.807, 2.05) is 36.1 Å². The molecule has 3 aromatic carbocycles. The van der Waals surface area contributed by atoms with Crippen molar-refractivity contribution in [3.63, 3.8) is 0 Å². The molecular weight excluding hydrogens is 926 g/mol. The largest absolute Gasteiger partial charge is 0.497 e. The molecule has 69 heavy (non-hydrogen) atoms. The minimum atomic E-state index is -5.04. The summed E-state index contributed by atoms with van der Waals surface area (Å²) >= 11 is 7.19. The van der Waals surface area contributed by atoms with Gasteiger partial charge in [-0.3, -0.25) is 4.90 Å². The lowest BCUT2D eigenvalue weighted by atomic mass is 9.89. The number of pyridine rings is 2. The van der Waals surface area contributed by atoms with E-state index in [2.05, 4.69) is 15.0 Å². The molecule has 0 unspecified atom stereocenters. The molecule has 1 aliphatic carbocycles. The molecule has 1 saturated carbocycles. The zero-order valence-corrected chi connectivity index (χ0v) is 39.0. The van der Waals surface area contributed by atoms with Crippen molar-refractivity contribution < 1.29 is 45.3 Å². The van der Waals surface area contributed by atoms with Crippen LogP contribution in [0.3, 0.4) is 0 Å². The lowest BCUT2D eigenvalue weighted by Crippen LogP contribution is -2.43. The number of aromatic nitrogens is 4. The third-order valence-corrected chi connectivity index (χ3v) is 14.6. The SMILES string of the molecule is COc1ccc(CN(Cc2ccc(OC)cc2)c2cc(C)c(C(F)(F)F)c(-c3c(Cl)c4c5c(nc(OC[C@@]67CCCN6C[C@]6(CC6(F)F)C7)nc5c3F)N([C@H](C)c3cccnc3N)CCO4)n2)cc1. The Morgan fingerprint density at radius 2 is 1.61 bits per heavy atom. The van der Waals surface area contributed by atoms with Gasteiger partial charge in [-0.15, -0.1) is 0 Å². The molecule has 2 N–H and O–H groups in total. The number of nitrogens with zero attached hydrogens (tertiary/aromatic N) is 7. The standard InChI is InChI=1S/C50H49ClF6N8O4/c1-28-21-35(63(22-30-8-12-32(66-3)13-9-30)23-31-10-14-33(67-4)15-11-31)60-41(38(28)50(55,56)57)36-39(51)43-37-42(40(36)52)61-46(69-27-48-16-6-18-64(48)26-47(24-48)25-49(47,53)54)62-45(37)65(19-20-68-43)29(2)34-7-5-17-59-44(34)58/h5,7-15,17,21,29H,6,16,18-20,22-27H2,1-4H3,(H2,58,59)/t29-,47-,48+/m1/s1. The quantitative estimate of drug-likeness (QED) is 0.111. The van der Waals surface area contributed by atoms with E-state index >= 15 is 17.6 Å². The predicted octanol–water partition coefficient (Wildman–Crippen LogP) is 10.6. The van der Waals surface area contributed by atoms with Crippen LogP contribution in [0.25, 0.3) is 22.2 Å². The summed E-state index contributed by atoms with van der Waals surface area (Å²) in [6, 6.07) is 18.4. The van der Waals surface area contributed by atoms with Crippen molar-refractivity contribution in [1.29, 1.82) is 0 Å². The van der Waals surface area contributed by atoms with Crippen LogP contribution in [0.1, 0.15) is 66.5 Å². The molecule has 6 aromatic rings. The Labute approximate surface area is 399 Å². The van der Waals surface area contributed by atoms with Gasteiger partial charge in [-0.05, 0) is 92.7 Å². The molecule has 3 fully saturated rings. The topological polar surface area (TPSA) is 124 Å². The highest BCUT2D eigenvalue weighted by Crippen LogP contribution is 2.69. The molecule has 2 saturated heterocycles. The maximum atomic E-state index is 18.1. The van der Waals surface area contributed by atoms with E-state index in [9.17, 15) is 8.78 Å². The Morgan fingerprint density at radius 3 is 2.22 bits per heavy atom. The van der Waals surface area contributed by atoms with Gasteiger partial charge in [-0.2, -0.15) is 23.1 Å². The van der Waals surface area contributed by atoms with E-state index in [0.717, 1.165) is 17.5 Å². The van der Waals surface area contributed by atoms with Crippen molar-refractivity contribution in [3.8, 4) is 34.5 Å². The minimum absolute atomic E-state index is 0.0133. The number of ether oxygens (including phenoxy) is 4. The second-order valence-corrected chi connectivity index (χ2v) is 18.9. The van der Waals surface area contributed by atoms with Crippen LogP contribution in [-0.2, 0) is 19.3 Å². The average molecular weight is 975 g/mol. The molecule has 3 aromatic heterocycles. The Bertz CT molecular complexity index is 2900. The highest BCUT2D eigenvalue weighted by atomic mass is 35.5. The van der Waals surface area contributed by atoms with Crippen molar-refractivity contribution >= 4 is 40.0 Å². The Morgan fingerprint density at radius 1 is 0.942 bits per heavy atom. The number of alkyl halides is 5. The molecule has 1 spiro atoms. The number of fused-ring (bicyclic) bond motifs is 1. The van der Waals surface area contributed by atoms with Crippen molar-refractivity contribution in [3.05, 3.63) is 112 Å². The van der Waals surface area contributed by atoms with Crippen LogP contribution in [0.15, 0.2) is 72.9 Å². The van der Waals surface area contributed by atoms with Gasteiger partial charge in [0.05, 0.1) is 65.0 Å². The van der Waals surface area contributed by atoms with E-state index in [1.165, 1.54) is 13.0 Å². The Kier molecular flexibility index (Phi) is 11.6. The molecule has 362 valence electrons. The molecule has 0 bridgehead atoms. The lowest BCUT2D eigenvalue weighted by Gasteiger charge is -2.32. The Hall–Kier alpha value is -6.27. The maximum absolute atomic E-state index is 18.1. The van der Waals surface area contributed by atoms with Gasteiger partial charge in [0.1, 0.15) is 47.7 Å². The second-order valence-electron chi connectivity index (χ2n) is 18.5. The van der Waals surface area contributed by atoms with Gasteiger partial charge in [0.15, 0.2) is 11.6 Å². The zero-order valence-electron chi connectivity index (χ0n) is 38.3. The normalized spacial score (nSPS) is 20.9. The van der Waals surface area contributed by atoms with E-state index in [0.29, 0.717) is 30.0 Å².